The van der Waals surface area contributed by atoms with E-state index in [2.05, 4.69) is 33.0 Å². The number of hydrogen-bond donors (Lipinski definition) is 4. The van der Waals surface area contributed by atoms with Crippen LogP contribution in [0.3, 0.4) is 0 Å². The average Bonchev–Trinajstić information content (AvgIpc) is 3.38. The summed E-state index contributed by atoms with van der Waals surface area (Å²) in [5.74, 6) is -5.76. The Labute approximate surface area is 281 Å². The highest BCUT2D eigenvalue weighted by Crippen LogP contribution is 2.60. The van der Waals surface area contributed by atoms with Gasteiger partial charge in [-0.05, 0) is 73.4 Å². The lowest BCUT2D eigenvalue weighted by Crippen LogP contribution is -2.50. The quantitative estimate of drug-likeness (QED) is 0.198. The number of carboxylic acids is 1. The molecule has 0 radical (unpaired) electrons. The fourth-order valence-electron chi connectivity index (χ4n) is 7.51. The first-order valence-electron chi connectivity index (χ1n) is 15.6. The maximum atomic E-state index is 14.9. The van der Waals surface area contributed by atoms with Crippen molar-refractivity contribution in [2.45, 2.75) is 95.5 Å². The lowest BCUT2D eigenvalue weighted by atomic mass is 9.61. The Morgan fingerprint density at radius 3 is 2.25 bits per heavy atom. The second kappa shape index (κ2) is 15.2. The molecule has 266 valence electrons. The highest BCUT2D eigenvalue weighted by atomic mass is 35.5. The summed E-state index contributed by atoms with van der Waals surface area (Å²) in [7, 11) is 1.83. The number of carbonyl (C=O) groups excluding carboxylic acids is 2. The molecule has 2 aromatic carbocycles. The second-order valence-corrected chi connectivity index (χ2v) is 14.2. The molecule has 0 saturated carbocycles. The molecule has 0 unspecified atom stereocenters. The predicted molar refractivity (Wildman–Crippen MR) is 170 cm³/mol. The number of aliphatic hydroxyl groups excluding tert-OH is 2. The van der Waals surface area contributed by atoms with Crippen LogP contribution in [0, 0.1) is 23.0 Å². The number of alkyl halides is 3. The number of anilines is 1. The van der Waals surface area contributed by atoms with Crippen LogP contribution in [0.4, 0.5) is 27.6 Å². The SMILES string of the molecule is CC(C)CC(C)(C)C[C@H]1N(C)[C@@H](C(=O)CCC[C@H](O)CO)[C@H](c2cccc(Cl)c2)[C@@]12C(=O)Nc1cc(F)c(F)cc12.O=C(O)C(F)(F)F. The topological polar surface area (TPSA) is 127 Å². The number of halogens is 6. The van der Waals surface area contributed by atoms with Gasteiger partial charge in [-0.1, -0.05) is 51.4 Å². The lowest BCUT2D eigenvalue weighted by molar-refractivity contribution is -0.192. The number of fused-ring (bicyclic) bond motifs is 2. The molecule has 4 rings (SSSR count). The van der Waals surface area contributed by atoms with Gasteiger partial charge in [0, 0.05) is 35.2 Å². The van der Waals surface area contributed by atoms with Crippen LogP contribution in [0.2, 0.25) is 5.02 Å². The van der Waals surface area contributed by atoms with Crippen LogP contribution in [0.15, 0.2) is 36.4 Å². The van der Waals surface area contributed by atoms with Gasteiger partial charge < -0.3 is 20.6 Å². The van der Waals surface area contributed by atoms with Crippen LogP contribution in [0.5, 0.6) is 0 Å². The van der Waals surface area contributed by atoms with Crippen molar-refractivity contribution in [2.24, 2.45) is 11.3 Å². The third-order valence-electron chi connectivity index (χ3n) is 9.05. The Balaban J connectivity index is 0.000000804. The van der Waals surface area contributed by atoms with Crippen molar-refractivity contribution in [1.82, 2.24) is 4.90 Å². The lowest BCUT2D eigenvalue weighted by Gasteiger charge is -2.40. The van der Waals surface area contributed by atoms with Crippen LogP contribution in [0.1, 0.15) is 76.8 Å². The standard InChI is InChI=1S/C32H41ClF2N2O4.C2HF3O2/c1-18(2)15-31(3,4)16-27-32(22-13-23(34)24(35)14-25(22)36-30(32)41)28(19-8-6-9-20(33)12-19)29(37(27)5)26(40)11-7-10-21(39)17-38;3-2(4,5)1(6)7/h6,8-9,12-14,18,21,27-29,38-39H,7,10-11,15-17H2,1-5H3,(H,36,41);(H,6,7)/t21-,27+,28-,29-,32-;/m0./s1. The van der Waals surface area contributed by atoms with Gasteiger partial charge in [0.05, 0.1) is 18.8 Å². The van der Waals surface area contributed by atoms with E-state index in [0.29, 0.717) is 34.9 Å². The number of hydrogen-bond acceptors (Lipinski definition) is 6. The number of carboxylic acid groups (broad SMARTS) is 1. The number of nitrogens with zero attached hydrogens (tertiary/aromatic N) is 1. The summed E-state index contributed by atoms with van der Waals surface area (Å²) in [5, 5.41) is 29.5. The Morgan fingerprint density at radius 1 is 1.10 bits per heavy atom. The van der Waals surface area contributed by atoms with E-state index < -0.39 is 65.8 Å². The first-order chi connectivity index (χ1) is 22.2. The van der Waals surface area contributed by atoms with E-state index in [9.17, 15) is 41.8 Å². The molecule has 2 aliphatic rings. The zero-order chi connectivity index (χ0) is 36.4. The van der Waals surface area contributed by atoms with Gasteiger partial charge in [0.1, 0.15) is 5.41 Å². The van der Waals surface area contributed by atoms with Gasteiger partial charge in [-0.3, -0.25) is 14.5 Å². The molecule has 8 nitrogen and oxygen atoms in total. The number of benzene rings is 2. The number of likely N-dealkylation sites (N-methyl/N-ethyl adjacent to an activating group) is 1. The molecule has 48 heavy (non-hydrogen) atoms. The van der Waals surface area contributed by atoms with Crippen molar-refractivity contribution in [3.63, 3.8) is 0 Å². The summed E-state index contributed by atoms with van der Waals surface area (Å²) in [4.78, 5) is 39.3. The first kappa shape index (κ1) is 39.3. The summed E-state index contributed by atoms with van der Waals surface area (Å²) in [6.07, 6.45) is -3.89. The summed E-state index contributed by atoms with van der Waals surface area (Å²) in [6, 6.07) is 7.88. The molecule has 1 fully saturated rings. The van der Waals surface area contributed by atoms with Crippen LogP contribution < -0.4 is 5.32 Å². The first-order valence-corrected chi connectivity index (χ1v) is 15.9. The summed E-state index contributed by atoms with van der Waals surface area (Å²) < 4.78 is 61.1. The fourth-order valence-corrected chi connectivity index (χ4v) is 7.71. The highest BCUT2D eigenvalue weighted by Gasteiger charge is 2.68. The number of ketones is 1. The maximum absolute atomic E-state index is 14.9. The Morgan fingerprint density at radius 2 is 1.71 bits per heavy atom. The van der Waals surface area contributed by atoms with Crippen LogP contribution in [-0.4, -0.2) is 75.9 Å². The maximum Gasteiger partial charge on any atom is 0.490 e. The van der Waals surface area contributed by atoms with E-state index in [1.165, 1.54) is 0 Å². The van der Waals surface area contributed by atoms with Crippen molar-refractivity contribution >= 4 is 34.9 Å². The molecule has 14 heteroatoms. The van der Waals surface area contributed by atoms with Gasteiger partial charge in [-0.2, -0.15) is 13.2 Å². The zero-order valence-corrected chi connectivity index (χ0v) is 28.1. The summed E-state index contributed by atoms with van der Waals surface area (Å²) in [6.45, 7) is 8.14. The molecule has 2 aromatic rings. The van der Waals surface area contributed by atoms with Gasteiger partial charge in [0.15, 0.2) is 17.4 Å². The second-order valence-electron chi connectivity index (χ2n) is 13.8. The van der Waals surface area contributed by atoms with E-state index in [-0.39, 0.29) is 29.7 Å². The van der Waals surface area contributed by atoms with E-state index in [1.54, 1.807) is 18.2 Å². The minimum absolute atomic E-state index is 0.119. The molecule has 1 spiro atoms. The number of Topliss-reactive ketones (excluding diaryl/α,β-unsaturated/α-hetero) is 1. The van der Waals surface area contributed by atoms with Crippen LogP contribution >= 0.6 is 11.6 Å². The van der Waals surface area contributed by atoms with E-state index in [4.69, 9.17) is 21.5 Å². The van der Waals surface area contributed by atoms with E-state index >= 15 is 0 Å². The Kier molecular flexibility index (Phi) is 12.4. The van der Waals surface area contributed by atoms with Gasteiger partial charge in [-0.15, -0.1) is 0 Å². The molecule has 2 aliphatic heterocycles. The average molecular weight is 705 g/mol. The number of likely N-dealkylation sites (tertiary alicyclic amines) is 1. The molecule has 5 atom stereocenters. The molecule has 4 N–H and O–H groups in total. The molecule has 1 amide bonds. The van der Waals surface area contributed by atoms with Gasteiger partial charge in [0.25, 0.3) is 0 Å². The smallest absolute Gasteiger partial charge is 0.475 e. The van der Waals surface area contributed by atoms with Gasteiger partial charge in [0.2, 0.25) is 5.91 Å². The van der Waals surface area contributed by atoms with Crippen LogP contribution in [0.25, 0.3) is 0 Å². The third-order valence-corrected chi connectivity index (χ3v) is 9.29. The number of carbonyl (C=O) groups is 3. The number of aliphatic hydroxyl groups is 2. The van der Waals surface area contributed by atoms with Crippen molar-refractivity contribution < 1.29 is 51.7 Å². The van der Waals surface area contributed by atoms with E-state index in [1.807, 2.05) is 18.0 Å². The highest BCUT2D eigenvalue weighted by molar-refractivity contribution is 6.30. The zero-order valence-electron chi connectivity index (χ0n) is 27.4. The molecule has 0 bridgehead atoms. The summed E-state index contributed by atoms with van der Waals surface area (Å²) in [5.41, 5.74) is -0.434. The predicted octanol–water partition coefficient (Wildman–Crippen LogP) is 6.46. The minimum atomic E-state index is -5.08. The molecule has 1 saturated heterocycles. The van der Waals surface area contributed by atoms with Crippen molar-refractivity contribution in [3.05, 3.63) is 64.2 Å². The van der Waals surface area contributed by atoms with Crippen molar-refractivity contribution in [1.29, 1.82) is 0 Å². The van der Waals surface area contributed by atoms with Gasteiger partial charge >= 0.3 is 12.1 Å². The molecule has 0 aliphatic carbocycles. The number of nitrogens with one attached hydrogen (secondary N) is 1. The molecule has 2 heterocycles. The minimum Gasteiger partial charge on any atom is -0.475 e. The van der Waals surface area contributed by atoms with E-state index in [0.717, 1.165) is 18.6 Å². The number of amides is 1. The largest absolute Gasteiger partial charge is 0.490 e. The molecular formula is C34H42ClF5N2O6. The number of aliphatic carboxylic acids is 1. The summed E-state index contributed by atoms with van der Waals surface area (Å²) >= 11 is 6.44. The van der Waals surface area contributed by atoms with Crippen molar-refractivity contribution in [3.8, 4) is 0 Å². The third kappa shape index (κ3) is 8.35. The Bertz CT molecular complexity index is 1500. The monoisotopic (exact) mass is 704 g/mol. The normalized spacial score (nSPS) is 23.1. The Hall–Kier alpha value is -3.13. The number of rotatable bonds is 11. The van der Waals surface area contributed by atoms with Crippen LogP contribution in [-0.2, 0) is 19.8 Å². The molecular weight excluding hydrogens is 663 g/mol. The molecule has 0 aromatic heterocycles. The van der Waals surface area contributed by atoms with Gasteiger partial charge in [-0.25, -0.2) is 13.6 Å². The van der Waals surface area contributed by atoms with Crippen molar-refractivity contribution in [2.75, 3.05) is 19.0 Å². The fraction of sp³-hybridized carbons (Fsp3) is 0.559.